The maximum absolute atomic E-state index is 12.1. The molecule has 0 saturated carbocycles. The monoisotopic (exact) mass is 270 g/mol. The van der Waals surface area contributed by atoms with Crippen molar-refractivity contribution in [3.63, 3.8) is 0 Å². The molecule has 0 spiro atoms. The molecule has 0 N–H and O–H groups in total. The number of carbonyl (C=O) groups excluding carboxylic acids is 1. The van der Waals surface area contributed by atoms with Gasteiger partial charge in [-0.05, 0) is 25.5 Å². The van der Waals surface area contributed by atoms with Crippen LogP contribution in [0.5, 0.6) is 0 Å². The van der Waals surface area contributed by atoms with Gasteiger partial charge >= 0.3 is 0 Å². The smallest absolute Gasteiger partial charge is 0.269 e. The topological polar surface area (TPSA) is 63.5 Å². The molecule has 18 heavy (non-hydrogen) atoms. The number of non-ortho nitro benzene ring substituents is 1. The zero-order valence-electron chi connectivity index (χ0n) is 10.1. The molecule has 0 bridgehead atoms. The number of amides is 1. The second kappa shape index (κ2) is 6.96. The van der Waals surface area contributed by atoms with E-state index in [4.69, 9.17) is 11.6 Å². The fourth-order valence-electron chi connectivity index (χ4n) is 1.56. The van der Waals surface area contributed by atoms with E-state index in [-0.39, 0.29) is 11.6 Å². The van der Waals surface area contributed by atoms with Crippen molar-refractivity contribution in [2.75, 3.05) is 19.0 Å². The molecule has 1 aromatic carbocycles. The van der Waals surface area contributed by atoms with Crippen LogP contribution in [-0.4, -0.2) is 34.7 Å². The maximum Gasteiger partial charge on any atom is 0.269 e. The fraction of sp³-hybridized carbons (Fsp3) is 0.417. The third kappa shape index (κ3) is 3.70. The van der Waals surface area contributed by atoms with Crippen LogP contribution in [0.1, 0.15) is 23.7 Å². The molecule has 0 aliphatic carbocycles. The number of alkyl halides is 1. The largest absolute Gasteiger partial charge is 0.339 e. The average Bonchev–Trinajstić information content (AvgIpc) is 2.39. The van der Waals surface area contributed by atoms with Crippen LogP contribution in [0.15, 0.2) is 24.3 Å². The summed E-state index contributed by atoms with van der Waals surface area (Å²) in [6.07, 6.45) is 0.730. The van der Waals surface area contributed by atoms with Crippen LogP contribution < -0.4 is 0 Å². The Labute approximate surface area is 110 Å². The van der Waals surface area contributed by atoms with Crippen LogP contribution in [0.2, 0.25) is 0 Å². The molecule has 1 rings (SSSR count). The summed E-state index contributed by atoms with van der Waals surface area (Å²) in [4.78, 5) is 23.8. The van der Waals surface area contributed by atoms with Crippen molar-refractivity contribution in [3.8, 4) is 0 Å². The number of carbonyl (C=O) groups is 1. The highest BCUT2D eigenvalue weighted by Gasteiger charge is 2.14. The summed E-state index contributed by atoms with van der Waals surface area (Å²) in [7, 11) is 0. The average molecular weight is 271 g/mol. The molecule has 0 unspecified atom stereocenters. The van der Waals surface area contributed by atoms with Crippen LogP contribution in [-0.2, 0) is 0 Å². The first-order valence-electron chi connectivity index (χ1n) is 5.69. The van der Waals surface area contributed by atoms with Gasteiger partial charge in [0.05, 0.1) is 4.92 Å². The lowest BCUT2D eigenvalue weighted by atomic mass is 10.2. The maximum atomic E-state index is 12.1. The minimum Gasteiger partial charge on any atom is -0.339 e. The fourth-order valence-corrected chi connectivity index (χ4v) is 1.68. The van der Waals surface area contributed by atoms with Gasteiger partial charge in [0.15, 0.2) is 0 Å². The Kier molecular flexibility index (Phi) is 5.58. The first-order chi connectivity index (χ1) is 8.60. The van der Waals surface area contributed by atoms with Crippen LogP contribution in [0.25, 0.3) is 0 Å². The molecule has 0 heterocycles. The van der Waals surface area contributed by atoms with Gasteiger partial charge in [-0.25, -0.2) is 0 Å². The number of benzene rings is 1. The molecule has 0 fully saturated rings. The number of nitrogens with zero attached hydrogens (tertiary/aromatic N) is 2. The second-order valence-electron chi connectivity index (χ2n) is 3.73. The molecular weight excluding hydrogens is 256 g/mol. The van der Waals surface area contributed by atoms with E-state index in [1.54, 1.807) is 4.90 Å². The van der Waals surface area contributed by atoms with Gasteiger partial charge in [-0.15, -0.1) is 11.6 Å². The van der Waals surface area contributed by atoms with E-state index < -0.39 is 4.92 Å². The molecule has 5 nitrogen and oxygen atoms in total. The lowest BCUT2D eigenvalue weighted by Crippen LogP contribution is -2.31. The van der Waals surface area contributed by atoms with Gasteiger partial charge in [-0.1, -0.05) is 0 Å². The Balaban J connectivity index is 2.78. The summed E-state index contributed by atoms with van der Waals surface area (Å²) in [5.74, 6) is 0.377. The third-order valence-electron chi connectivity index (χ3n) is 2.56. The lowest BCUT2D eigenvalue weighted by Gasteiger charge is -2.20. The lowest BCUT2D eigenvalue weighted by molar-refractivity contribution is -0.384. The summed E-state index contributed by atoms with van der Waals surface area (Å²) in [6, 6.07) is 5.62. The van der Waals surface area contributed by atoms with E-state index in [0.29, 0.717) is 24.5 Å². The Morgan fingerprint density at radius 1 is 1.39 bits per heavy atom. The molecule has 0 aromatic heterocycles. The van der Waals surface area contributed by atoms with E-state index in [1.165, 1.54) is 24.3 Å². The normalized spacial score (nSPS) is 10.1. The predicted octanol–water partition coefficient (Wildman–Crippen LogP) is 2.69. The van der Waals surface area contributed by atoms with Crippen LogP contribution in [0, 0.1) is 10.1 Å². The number of hydrogen-bond acceptors (Lipinski definition) is 3. The number of nitro groups is 1. The van der Waals surface area contributed by atoms with E-state index in [2.05, 4.69) is 0 Å². The van der Waals surface area contributed by atoms with Gasteiger partial charge < -0.3 is 4.90 Å². The third-order valence-corrected chi connectivity index (χ3v) is 2.82. The number of hydrogen-bond donors (Lipinski definition) is 0. The molecule has 0 radical (unpaired) electrons. The SMILES string of the molecule is CCN(CCCCl)C(=O)c1ccc([N+](=O)[O-])cc1. The molecule has 0 aliphatic heterocycles. The van der Waals surface area contributed by atoms with Crippen molar-refractivity contribution in [1.82, 2.24) is 4.90 Å². The highest BCUT2D eigenvalue weighted by Crippen LogP contribution is 2.13. The Morgan fingerprint density at radius 3 is 2.44 bits per heavy atom. The van der Waals surface area contributed by atoms with Gasteiger partial charge in [-0.2, -0.15) is 0 Å². The number of nitro benzene ring substituents is 1. The molecular formula is C12H15ClN2O3. The molecule has 0 aliphatic rings. The highest BCUT2D eigenvalue weighted by atomic mass is 35.5. The number of rotatable bonds is 6. The van der Waals surface area contributed by atoms with Crippen molar-refractivity contribution in [3.05, 3.63) is 39.9 Å². The Hall–Kier alpha value is -1.62. The quantitative estimate of drug-likeness (QED) is 0.453. The van der Waals surface area contributed by atoms with E-state index >= 15 is 0 Å². The predicted molar refractivity (Wildman–Crippen MR) is 70.0 cm³/mol. The number of halogens is 1. The van der Waals surface area contributed by atoms with Gasteiger partial charge in [0.25, 0.3) is 11.6 Å². The summed E-state index contributed by atoms with van der Waals surface area (Å²) < 4.78 is 0. The molecule has 1 amide bonds. The van der Waals surface area contributed by atoms with Crippen LogP contribution in [0.3, 0.4) is 0 Å². The minimum atomic E-state index is -0.487. The molecule has 6 heteroatoms. The first-order valence-corrected chi connectivity index (χ1v) is 6.23. The van der Waals surface area contributed by atoms with Crippen LogP contribution in [0.4, 0.5) is 5.69 Å². The second-order valence-corrected chi connectivity index (χ2v) is 4.11. The van der Waals surface area contributed by atoms with Crippen molar-refractivity contribution in [1.29, 1.82) is 0 Å². The first kappa shape index (κ1) is 14.4. The summed E-state index contributed by atoms with van der Waals surface area (Å²) in [5, 5.41) is 10.5. The molecule has 0 saturated heterocycles. The summed E-state index contributed by atoms with van der Waals surface area (Å²) in [6.45, 7) is 3.07. The minimum absolute atomic E-state index is 0.0182. The van der Waals surface area contributed by atoms with Gasteiger partial charge in [0, 0.05) is 36.7 Å². The van der Waals surface area contributed by atoms with Gasteiger partial charge in [-0.3, -0.25) is 14.9 Å². The van der Waals surface area contributed by atoms with Crippen LogP contribution >= 0.6 is 11.6 Å². The zero-order valence-corrected chi connectivity index (χ0v) is 10.9. The highest BCUT2D eigenvalue weighted by molar-refractivity contribution is 6.17. The zero-order chi connectivity index (χ0) is 13.5. The standard InChI is InChI=1S/C12H15ClN2O3/c1-2-14(9-3-8-13)12(16)10-4-6-11(7-5-10)15(17)18/h4-7H,2-3,8-9H2,1H3. The van der Waals surface area contributed by atoms with Crippen molar-refractivity contribution in [2.45, 2.75) is 13.3 Å². The summed E-state index contributed by atoms with van der Waals surface area (Å²) in [5.41, 5.74) is 0.437. The van der Waals surface area contributed by atoms with Gasteiger partial charge in [0.2, 0.25) is 0 Å². The van der Waals surface area contributed by atoms with E-state index in [1.807, 2.05) is 6.92 Å². The molecule has 0 atom stereocenters. The van der Waals surface area contributed by atoms with Crippen molar-refractivity contribution in [2.24, 2.45) is 0 Å². The van der Waals surface area contributed by atoms with Crippen molar-refractivity contribution < 1.29 is 9.72 Å². The van der Waals surface area contributed by atoms with Crippen molar-refractivity contribution >= 4 is 23.2 Å². The summed E-state index contributed by atoms with van der Waals surface area (Å²) >= 11 is 5.60. The Bertz CT molecular complexity index is 420. The van der Waals surface area contributed by atoms with E-state index in [9.17, 15) is 14.9 Å². The molecule has 98 valence electrons. The Morgan fingerprint density at radius 2 is 2.00 bits per heavy atom. The molecule has 1 aromatic rings. The van der Waals surface area contributed by atoms with E-state index in [0.717, 1.165) is 6.42 Å². The van der Waals surface area contributed by atoms with Gasteiger partial charge in [0.1, 0.15) is 0 Å².